The molecule has 64 valence electrons. The number of rotatable bonds is 4. The summed E-state index contributed by atoms with van der Waals surface area (Å²) in [5.41, 5.74) is 0. The molecule has 0 bridgehead atoms. The molecule has 2 N–H and O–H groups in total. The lowest BCUT2D eigenvalue weighted by Crippen LogP contribution is -2.57. The van der Waals surface area contributed by atoms with E-state index in [1.165, 1.54) is 0 Å². The van der Waals surface area contributed by atoms with E-state index in [0.717, 1.165) is 17.9 Å². The van der Waals surface area contributed by atoms with E-state index in [2.05, 4.69) is 6.92 Å². The standard InChI is InChI=1S/C7H14N2O2/c1-2-3-4-11-7-5-6(10)9(7)8/h7H,2-5,8H2,1H3. The number of β-lactam (4-membered cyclic amide) rings is 1. The van der Waals surface area contributed by atoms with Crippen molar-refractivity contribution in [3.05, 3.63) is 0 Å². The van der Waals surface area contributed by atoms with Gasteiger partial charge >= 0.3 is 0 Å². The summed E-state index contributed by atoms with van der Waals surface area (Å²) in [6, 6.07) is 0. The summed E-state index contributed by atoms with van der Waals surface area (Å²) in [6.45, 7) is 2.79. The average molecular weight is 158 g/mol. The van der Waals surface area contributed by atoms with Gasteiger partial charge in [0.15, 0.2) is 6.23 Å². The summed E-state index contributed by atoms with van der Waals surface area (Å²) >= 11 is 0. The highest BCUT2D eigenvalue weighted by Crippen LogP contribution is 2.15. The molecule has 1 aliphatic heterocycles. The van der Waals surface area contributed by atoms with Crippen molar-refractivity contribution in [1.82, 2.24) is 5.01 Å². The van der Waals surface area contributed by atoms with Crippen LogP contribution in [0.25, 0.3) is 0 Å². The molecule has 4 heteroatoms. The van der Waals surface area contributed by atoms with Crippen LogP contribution < -0.4 is 5.84 Å². The Morgan fingerprint density at radius 3 is 3.00 bits per heavy atom. The quantitative estimate of drug-likeness (QED) is 0.276. The number of ether oxygens (including phenoxy) is 1. The molecule has 1 unspecified atom stereocenters. The maximum Gasteiger partial charge on any atom is 0.243 e. The molecule has 0 spiro atoms. The van der Waals surface area contributed by atoms with Crippen molar-refractivity contribution < 1.29 is 9.53 Å². The zero-order valence-electron chi connectivity index (χ0n) is 6.75. The van der Waals surface area contributed by atoms with Crippen LogP contribution in [0.2, 0.25) is 0 Å². The Bertz CT molecular complexity index is 149. The van der Waals surface area contributed by atoms with Gasteiger partial charge in [0.25, 0.3) is 0 Å². The van der Waals surface area contributed by atoms with Crippen molar-refractivity contribution in [3.63, 3.8) is 0 Å². The molecular formula is C7H14N2O2. The van der Waals surface area contributed by atoms with E-state index in [4.69, 9.17) is 10.6 Å². The third-order valence-corrected chi connectivity index (χ3v) is 1.76. The number of carbonyl (C=O) groups excluding carboxylic acids is 1. The molecule has 1 atom stereocenters. The molecule has 0 aliphatic carbocycles. The van der Waals surface area contributed by atoms with Crippen LogP contribution >= 0.6 is 0 Å². The van der Waals surface area contributed by atoms with Crippen LogP contribution in [0.1, 0.15) is 26.2 Å². The number of hydrazine groups is 1. The smallest absolute Gasteiger partial charge is 0.243 e. The number of hydrogen-bond acceptors (Lipinski definition) is 3. The van der Waals surface area contributed by atoms with Gasteiger partial charge in [-0.15, -0.1) is 0 Å². The lowest BCUT2D eigenvalue weighted by Gasteiger charge is -2.35. The number of nitrogens with zero attached hydrogens (tertiary/aromatic N) is 1. The zero-order valence-corrected chi connectivity index (χ0v) is 6.75. The van der Waals surface area contributed by atoms with Gasteiger partial charge in [-0.25, -0.2) is 5.84 Å². The molecule has 0 radical (unpaired) electrons. The lowest BCUT2D eigenvalue weighted by molar-refractivity contribution is -0.175. The molecule has 1 aliphatic rings. The van der Waals surface area contributed by atoms with Crippen molar-refractivity contribution >= 4 is 5.91 Å². The average Bonchev–Trinajstić information content (AvgIpc) is 2.03. The molecule has 0 aromatic carbocycles. The van der Waals surface area contributed by atoms with Crippen molar-refractivity contribution in [2.45, 2.75) is 32.4 Å². The zero-order chi connectivity index (χ0) is 8.27. The number of nitrogens with two attached hydrogens (primary N) is 1. The van der Waals surface area contributed by atoms with Gasteiger partial charge in [0.2, 0.25) is 5.91 Å². The van der Waals surface area contributed by atoms with Crippen molar-refractivity contribution in [1.29, 1.82) is 0 Å². The first-order valence-electron chi connectivity index (χ1n) is 3.94. The summed E-state index contributed by atoms with van der Waals surface area (Å²) < 4.78 is 5.28. The second kappa shape index (κ2) is 3.69. The molecule has 4 nitrogen and oxygen atoms in total. The summed E-state index contributed by atoms with van der Waals surface area (Å²) in [6.07, 6.45) is 2.42. The minimum Gasteiger partial charge on any atom is -0.356 e. The third-order valence-electron chi connectivity index (χ3n) is 1.76. The predicted octanol–water partition coefficient (Wildman–Crippen LogP) is 0.235. The van der Waals surface area contributed by atoms with E-state index in [1.54, 1.807) is 0 Å². The highest BCUT2D eigenvalue weighted by atomic mass is 16.5. The molecule has 0 saturated carbocycles. The van der Waals surface area contributed by atoms with Crippen LogP contribution in [0.3, 0.4) is 0 Å². The number of amides is 1. The van der Waals surface area contributed by atoms with Crippen molar-refractivity contribution in [2.75, 3.05) is 6.61 Å². The summed E-state index contributed by atoms with van der Waals surface area (Å²) in [5, 5.41) is 1.15. The fourth-order valence-electron chi connectivity index (χ4n) is 0.904. The highest BCUT2D eigenvalue weighted by Gasteiger charge is 2.34. The normalized spacial score (nSPS) is 23.6. The molecular weight excluding hydrogens is 144 g/mol. The first-order valence-corrected chi connectivity index (χ1v) is 3.94. The fourth-order valence-corrected chi connectivity index (χ4v) is 0.904. The van der Waals surface area contributed by atoms with Crippen LogP contribution in [-0.4, -0.2) is 23.8 Å². The molecule has 1 rings (SSSR count). The second-order valence-corrected chi connectivity index (χ2v) is 2.68. The molecule has 11 heavy (non-hydrogen) atoms. The molecule has 0 aromatic heterocycles. The maximum atomic E-state index is 10.6. The molecule has 1 fully saturated rings. The Kier molecular flexibility index (Phi) is 2.84. The van der Waals surface area contributed by atoms with Gasteiger partial charge in [-0.2, -0.15) is 0 Å². The number of unbranched alkanes of at least 4 members (excludes halogenated alkanes) is 1. The van der Waals surface area contributed by atoms with Crippen molar-refractivity contribution in [3.8, 4) is 0 Å². The Hall–Kier alpha value is -0.610. The summed E-state index contributed by atoms with van der Waals surface area (Å²) in [5.74, 6) is 5.27. The minimum atomic E-state index is -0.158. The third kappa shape index (κ3) is 1.91. The number of hydrogen-bond donors (Lipinski definition) is 1. The number of carbonyl (C=O) groups is 1. The van der Waals surface area contributed by atoms with Gasteiger partial charge in [0.05, 0.1) is 6.42 Å². The van der Waals surface area contributed by atoms with Gasteiger partial charge in [-0.3, -0.25) is 9.80 Å². The summed E-state index contributed by atoms with van der Waals surface area (Å²) in [4.78, 5) is 10.6. The Morgan fingerprint density at radius 1 is 1.82 bits per heavy atom. The van der Waals surface area contributed by atoms with E-state index in [0.29, 0.717) is 13.0 Å². The Labute approximate surface area is 66.3 Å². The monoisotopic (exact) mass is 158 g/mol. The predicted molar refractivity (Wildman–Crippen MR) is 40.3 cm³/mol. The molecule has 1 heterocycles. The lowest BCUT2D eigenvalue weighted by atomic mass is 10.2. The Balaban J connectivity index is 2.05. The second-order valence-electron chi connectivity index (χ2n) is 2.68. The highest BCUT2D eigenvalue weighted by molar-refractivity contribution is 5.81. The first kappa shape index (κ1) is 8.49. The van der Waals surface area contributed by atoms with Crippen LogP contribution in [0.5, 0.6) is 0 Å². The van der Waals surface area contributed by atoms with Crippen LogP contribution in [0.4, 0.5) is 0 Å². The van der Waals surface area contributed by atoms with E-state index in [-0.39, 0.29) is 12.1 Å². The minimum absolute atomic E-state index is 0.0356. The SMILES string of the molecule is CCCCOC1CC(=O)N1N. The van der Waals surface area contributed by atoms with Gasteiger partial charge < -0.3 is 4.74 Å². The van der Waals surface area contributed by atoms with Gasteiger partial charge in [-0.05, 0) is 6.42 Å². The van der Waals surface area contributed by atoms with E-state index in [1.807, 2.05) is 0 Å². The van der Waals surface area contributed by atoms with E-state index < -0.39 is 0 Å². The van der Waals surface area contributed by atoms with Gasteiger partial charge in [0, 0.05) is 6.61 Å². The maximum absolute atomic E-state index is 10.6. The summed E-state index contributed by atoms with van der Waals surface area (Å²) in [7, 11) is 0. The van der Waals surface area contributed by atoms with E-state index >= 15 is 0 Å². The topological polar surface area (TPSA) is 55.6 Å². The van der Waals surface area contributed by atoms with Crippen LogP contribution in [-0.2, 0) is 9.53 Å². The molecule has 0 aromatic rings. The Morgan fingerprint density at radius 2 is 2.55 bits per heavy atom. The fraction of sp³-hybridized carbons (Fsp3) is 0.857. The van der Waals surface area contributed by atoms with Gasteiger partial charge in [-0.1, -0.05) is 13.3 Å². The largest absolute Gasteiger partial charge is 0.356 e. The van der Waals surface area contributed by atoms with Crippen molar-refractivity contribution in [2.24, 2.45) is 5.84 Å². The van der Waals surface area contributed by atoms with Crippen LogP contribution in [0, 0.1) is 0 Å². The van der Waals surface area contributed by atoms with Gasteiger partial charge in [0.1, 0.15) is 0 Å². The molecule has 1 amide bonds. The first-order chi connectivity index (χ1) is 5.25. The molecule has 1 saturated heterocycles. The van der Waals surface area contributed by atoms with Crippen LogP contribution in [0.15, 0.2) is 0 Å². The van der Waals surface area contributed by atoms with E-state index in [9.17, 15) is 4.79 Å².